The summed E-state index contributed by atoms with van der Waals surface area (Å²) in [6.07, 6.45) is 0.151. The van der Waals surface area contributed by atoms with E-state index in [2.05, 4.69) is 49.5 Å². The van der Waals surface area contributed by atoms with Gasteiger partial charge < -0.3 is 19.5 Å². The minimum absolute atomic E-state index is 0.240. The number of nitrogens with one attached hydrogen (secondary N) is 1. The number of rotatable bonds is 10. The molecule has 0 spiro atoms. The van der Waals surface area contributed by atoms with Gasteiger partial charge in [-0.1, -0.05) is 72.8 Å². The van der Waals surface area contributed by atoms with Crippen molar-refractivity contribution in [1.82, 2.24) is 0 Å². The van der Waals surface area contributed by atoms with Crippen LogP contribution in [-0.4, -0.2) is 18.3 Å². The van der Waals surface area contributed by atoms with Crippen LogP contribution in [0.25, 0.3) is 0 Å². The fraction of sp³-hybridized carbons (Fsp3) is 0.273. The first-order valence-corrected chi connectivity index (χ1v) is 13.1. The van der Waals surface area contributed by atoms with Gasteiger partial charge >= 0.3 is 0 Å². The van der Waals surface area contributed by atoms with Crippen LogP contribution in [-0.2, 0) is 29.0 Å². The zero-order valence-electron chi connectivity index (χ0n) is 21.9. The lowest BCUT2D eigenvalue weighted by Crippen LogP contribution is -2.51. The van der Waals surface area contributed by atoms with Crippen molar-refractivity contribution < 1.29 is 18.6 Å². The van der Waals surface area contributed by atoms with E-state index in [1.54, 1.807) is 12.1 Å². The molecule has 5 heteroatoms. The molecule has 4 nitrogen and oxygen atoms in total. The van der Waals surface area contributed by atoms with Gasteiger partial charge in [0.05, 0.1) is 13.2 Å². The van der Waals surface area contributed by atoms with Crippen LogP contribution in [0.4, 0.5) is 10.1 Å². The molecular weight excluding hydrogens is 477 g/mol. The highest BCUT2D eigenvalue weighted by atomic mass is 19.1. The Hall–Kier alpha value is -3.67. The van der Waals surface area contributed by atoms with E-state index in [0.717, 1.165) is 34.5 Å². The van der Waals surface area contributed by atoms with Crippen LogP contribution in [0.1, 0.15) is 42.2 Å². The molecule has 4 aromatic carbocycles. The van der Waals surface area contributed by atoms with E-state index in [-0.39, 0.29) is 18.0 Å². The third-order valence-electron chi connectivity index (χ3n) is 6.84. The van der Waals surface area contributed by atoms with Gasteiger partial charge in [0.25, 0.3) is 0 Å². The normalized spacial score (nSPS) is 17.9. The minimum Gasteiger partial charge on any atom is -0.485 e. The van der Waals surface area contributed by atoms with Gasteiger partial charge in [0, 0.05) is 17.8 Å². The number of fused-ring (bicyclic) bond motifs is 1. The van der Waals surface area contributed by atoms with Gasteiger partial charge in [-0.3, -0.25) is 0 Å². The topological polar surface area (TPSA) is 39.7 Å². The van der Waals surface area contributed by atoms with Crippen molar-refractivity contribution >= 4 is 5.69 Å². The van der Waals surface area contributed by atoms with Crippen molar-refractivity contribution in [3.05, 3.63) is 131 Å². The average molecular weight is 512 g/mol. The molecule has 4 aromatic rings. The molecule has 0 saturated carbocycles. The second-order valence-corrected chi connectivity index (χ2v) is 10.2. The third-order valence-corrected chi connectivity index (χ3v) is 6.84. The zero-order chi connectivity index (χ0) is 26.4. The van der Waals surface area contributed by atoms with E-state index in [4.69, 9.17) is 14.2 Å². The van der Waals surface area contributed by atoms with Crippen LogP contribution in [0.2, 0.25) is 0 Å². The molecule has 0 radical (unpaired) electrons. The Bertz CT molecular complexity index is 1330. The third kappa shape index (κ3) is 6.42. The fourth-order valence-electron chi connectivity index (χ4n) is 4.87. The maximum atomic E-state index is 13.6. The molecule has 196 valence electrons. The molecule has 1 aliphatic heterocycles. The van der Waals surface area contributed by atoms with E-state index in [1.807, 2.05) is 54.6 Å². The Kier molecular flexibility index (Phi) is 8.06. The summed E-state index contributed by atoms with van der Waals surface area (Å²) >= 11 is 0. The molecule has 0 aliphatic carbocycles. The first kappa shape index (κ1) is 26.0. The second-order valence-electron chi connectivity index (χ2n) is 10.2. The highest BCUT2D eigenvalue weighted by Gasteiger charge is 2.45. The van der Waals surface area contributed by atoms with Crippen LogP contribution in [0.3, 0.4) is 0 Å². The predicted molar refractivity (Wildman–Crippen MR) is 149 cm³/mol. The first-order valence-electron chi connectivity index (χ1n) is 13.1. The molecule has 5 rings (SSSR count). The summed E-state index contributed by atoms with van der Waals surface area (Å²) in [5.74, 6) is 0.547. The van der Waals surface area contributed by atoms with Crippen LogP contribution in [0.5, 0.6) is 5.75 Å². The maximum Gasteiger partial charge on any atom is 0.132 e. The summed E-state index contributed by atoms with van der Waals surface area (Å²) in [5.41, 5.74) is 4.46. The maximum absolute atomic E-state index is 13.6. The molecule has 0 fully saturated rings. The molecular formula is C33H34FNO3. The molecule has 38 heavy (non-hydrogen) atoms. The van der Waals surface area contributed by atoms with E-state index in [1.165, 1.54) is 11.6 Å². The zero-order valence-corrected chi connectivity index (χ0v) is 21.9. The van der Waals surface area contributed by atoms with Crippen molar-refractivity contribution in [2.75, 3.05) is 11.9 Å². The van der Waals surface area contributed by atoms with Crippen LogP contribution >= 0.6 is 0 Å². The Balaban J connectivity index is 1.39. The van der Waals surface area contributed by atoms with Gasteiger partial charge in [-0.2, -0.15) is 0 Å². The number of ether oxygens (including phenoxy) is 3. The van der Waals surface area contributed by atoms with Crippen LogP contribution in [0.15, 0.2) is 103 Å². The molecule has 0 aromatic heterocycles. The number of anilines is 1. The quantitative estimate of drug-likeness (QED) is 0.239. The Labute approximate surface area is 224 Å². The van der Waals surface area contributed by atoms with Gasteiger partial charge in [-0.05, 0) is 67.3 Å². The molecule has 0 bridgehead atoms. The van der Waals surface area contributed by atoms with Crippen molar-refractivity contribution in [1.29, 1.82) is 0 Å². The van der Waals surface area contributed by atoms with E-state index < -0.39 is 5.60 Å². The van der Waals surface area contributed by atoms with Crippen LogP contribution in [0, 0.1) is 5.82 Å². The Morgan fingerprint density at radius 3 is 2.24 bits per heavy atom. The van der Waals surface area contributed by atoms with Crippen molar-refractivity contribution in [3.8, 4) is 5.75 Å². The second kappa shape index (κ2) is 11.8. The number of benzene rings is 4. The molecule has 1 N–H and O–H groups in total. The van der Waals surface area contributed by atoms with Gasteiger partial charge in [0.1, 0.15) is 29.4 Å². The van der Waals surface area contributed by atoms with E-state index >= 15 is 0 Å². The highest BCUT2D eigenvalue weighted by Crippen LogP contribution is 2.44. The van der Waals surface area contributed by atoms with Gasteiger partial charge in [0.2, 0.25) is 0 Å². The van der Waals surface area contributed by atoms with Crippen molar-refractivity contribution in [2.24, 2.45) is 0 Å². The molecule has 1 aliphatic rings. The number of halogens is 1. The summed E-state index contributed by atoms with van der Waals surface area (Å²) in [6.45, 7) is 5.63. The van der Waals surface area contributed by atoms with Crippen LogP contribution < -0.4 is 10.1 Å². The standard InChI is InChI=1S/C33H34FNO3/c1-33(2)32(37-23-25-12-7-4-8-13-25)31(36-19-18-24-10-5-3-6-11-24)29-21-28(16-17-30(29)38-33)35-22-26-14-9-15-27(34)20-26/h3-17,20-21,31-32,35H,18-19,22-23H2,1-2H3. The predicted octanol–water partition coefficient (Wildman–Crippen LogP) is 7.49. The van der Waals surface area contributed by atoms with Gasteiger partial charge in [-0.15, -0.1) is 0 Å². The number of hydrogen-bond donors (Lipinski definition) is 1. The van der Waals surface area contributed by atoms with Gasteiger partial charge in [-0.25, -0.2) is 4.39 Å². The summed E-state index contributed by atoms with van der Waals surface area (Å²) in [6, 6.07) is 33.1. The molecule has 0 saturated heterocycles. The monoisotopic (exact) mass is 511 g/mol. The summed E-state index contributed by atoms with van der Waals surface area (Å²) in [4.78, 5) is 0. The number of hydrogen-bond acceptors (Lipinski definition) is 4. The summed E-state index contributed by atoms with van der Waals surface area (Å²) in [7, 11) is 0. The van der Waals surface area contributed by atoms with Crippen molar-refractivity contribution in [2.45, 2.75) is 51.2 Å². The van der Waals surface area contributed by atoms with Gasteiger partial charge in [0.15, 0.2) is 0 Å². The first-order chi connectivity index (χ1) is 18.5. The average Bonchev–Trinajstić information content (AvgIpc) is 2.92. The lowest BCUT2D eigenvalue weighted by molar-refractivity contribution is -0.167. The Morgan fingerprint density at radius 1 is 0.789 bits per heavy atom. The minimum atomic E-state index is -0.601. The lowest BCUT2D eigenvalue weighted by atomic mass is 9.87. The SMILES string of the molecule is CC1(C)Oc2ccc(NCc3cccc(F)c3)cc2C(OCCc2ccccc2)C1OCc1ccccc1. The molecule has 2 unspecified atom stereocenters. The fourth-order valence-corrected chi connectivity index (χ4v) is 4.87. The largest absolute Gasteiger partial charge is 0.485 e. The Morgan fingerprint density at radius 2 is 1.50 bits per heavy atom. The molecule has 2 atom stereocenters. The highest BCUT2D eigenvalue weighted by molar-refractivity contribution is 5.54. The summed E-state index contributed by atoms with van der Waals surface area (Å²) in [5, 5.41) is 3.42. The molecule has 0 amide bonds. The molecule has 1 heterocycles. The smallest absolute Gasteiger partial charge is 0.132 e. The summed E-state index contributed by atoms with van der Waals surface area (Å²) < 4.78 is 33.2. The lowest BCUT2D eigenvalue weighted by Gasteiger charge is -2.44. The van der Waals surface area contributed by atoms with Crippen molar-refractivity contribution in [3.63, 3.8) is 0 Å². The van der Waals surface area contributed by atoms with E-state index in [9.17, 15) is 4.39 Å². The van der Waals surface area contributed by atoms with E-state index in [0.29, 0.717) is 19.8 Å².